The number of nitrogens with zero attached hydrogens (tertiary/aromatic N) is 2. The molecule has 1 N–H and O–H groups in total. The molecule has 5 nitrogen and oxygen atoms in total. The molecule has 3 rings (SSSR count). The first-order valence-corrected chi connectivity index (χ1v) is 9.53. The van der Waals surface area contributed by atoms with Crippen LogP contribution < -0.4 is 5.32 Å². The molecule has 26 heavy (non-hydrogen) atoms. The summed E-state index contributed by atoms with van der Waals surface area (Å²) >= 11 is 0. The lowest BCUT2D eigenvalue weighted by molar-refractivity contribution is -0.115. The minimum Gasteiger partial charge on any atom is -0.387 e. The van der Waals surface area contributed by atoms with E-state index in [2.05, 4.69) is 29.2 Å². The minimum absolute atomic E-state index is 0.204. The summed E-state index contributed by atoms with van der Waals surface area (Å²) in [5, 5.41) is 6.91. The molecule has 2 heterocycles. The molecule has 0 aliphatic carbocycles. The summed E-state index contributed by atoms with van der Waals surface area (Å²) in [6.07, 6.45) is 3.84. The lowest BCUT2D eigenvalue weighted by atomic mass is 9.96. The molecule has 1 aromatic rings. The van der Waals surface area contributed by atoms with Crippen LogP contribution >= 0.6 is 0 Å². The van der Waals surface area contributed by atoms with Crippen molar-refractivity contribution in [2.45, 2.75) is 51.7 Å². The second-order valence-corrected chi connectivity index (χ2v) is 7.47. The molecule has 0 radical (unpaired) electrons. The zero-order valence-corrected chi connectivity index (χ0v) is 15.6. The molecule has 0 aromatic heterocycles. The molecule has 2 aliphatic heterocycles. The summed E-state index contributed by atoms with van der Waals surface area (Å²) in [6, 6.07) is 6.10. The van der Waals surface area contributed by atoms with Crippen LogP contribution in [-0.2, 0) is 16.2 Å². The Balaban J connectivity index is 1.48. The van der Waals surface area contributed by atoms with Crippen molar-refractivity contribution in [3.63, 3.8) is 0 Å². The standard InChI is InChI=1S/C20H28FN3O2/c1-3-15(4-2)13-24-10-9-20(14-24)11-18(23-26-20)19(25)22-12-16-5-7-17(21)8-6-16/h5-8,15H,3-4,9-14H2,1-2H3,(H,22,25). The molecular weight excluding hydrogens is 333 g/mol. The van der Waals surface area contributed by atoms with Gasteiger partial charge in [0.1, 0.15) is 11.5 Å². The van der Waals surface area contributed by atoms with E-state index in [1.54, 1.807) is 12.1 Å². The molecule has 142 valence electrons. The average molecular weight is 361 g/mol. The largest absolute Gasteiger partial charge is 0.387 e. The average Bonchev–Trinajstić information content (AvgIpc) is 3.26. The molecule has 1 atom stereocenters. The highest BCUT2D eigenvalue weighted by Gasteiger charge is 2.46. The van der Waals surface area contributed by atoms with Crippen LogP contribution in [0.1, 0.15) is 45.1 Å². The van der Waals surface area contributed by atoms with Crippen LogP contribution in [-0.4, -0.2) is 41.8 Å². The highest BCUT2D eigenvalue weighted by molar-refractivity contribution is 6.39. The highest BCUT2D eigenvalue weighted by Crippen LogP contribution is 2.34. The molecular formula is C20H28FN3O2. The van der Waals surface area contributed by atoms with Crippen LogP contribution in [0.15, 0.2) is 29.4 Å². The lowest BCUT2D eigenvalue weighted by Crippen LogP contribution is -2.37. The van der Waals surface area contributed by atoms with Crippen LogP contribution in [0.2, 0.25) is 0 Å². The Morgan fingerprint density at radius 1 is 1.35 bits per heavy atom. The second-order valence-electron chi connectivity index (χ2n) is 7.47. The van der Waals surface area contributed by atoms with Crippen LogP contribution in [0.25, 0.3) is 0 Å². The third-order valence-electron chi connectivity index (χ3n) is 5.53. The van der Waals surface area contributed by atoms with Crippen LogP contribution in [0.3, 0.4) is 0 Å². The molecule has 1 unspecified atom stereocenters. The third-order valence-corrected chi connectivity index (χ3v) is 5.53. The highest BCUT2D eigenvalue weighted by atomic mass is 19.1. The van der Waals surface area contributed by atoms with E-state index in [4.69, 9.17) is 4.84 Å². The van der Waals surface area contributed by atoms with Gasteiger partial charge in [-0.2, -0.15) is 0 Å². The van der Waals surface area contributed by atoms with Gasteiger partial charge in [0.2, 0.25) is 0 Å². The molecule has 6 heteroatoms. The predicted octanol–water partition coefficient (Wildman–Crippen LogP) is 3.10. The molecule has 1 amide bonds. The van der Waals surface area contributed by atoms with Gasteiger partial charge in [-0.3, -0.25) is 9.69 Å². The van der Waals surface area contributed by atoms with Crippen LogP contribution in [0.5, 0.6) is 0 Å². The fourth-order valence-corrected chi connectivity index (χ4v) is 3.74. The molecule has 1 saturated heterocycles. The van der Waals surface area contributed by atoms with Crippen LogP contribution in [0.4, 0.5) is 4.39 Å². The third kappa shape index (κ3) is 4.41. The molecule has 1 spiro atoms. The first-order chi connectivity index (χ1) is 12.5. The summed E-state index contributed by atoms with van der Waals surface area (Å²) < 4.78 is 12.9. The van der Waals surface area contributed by atoms with E-state index in [9.17, 15) is 9.18 Å². The molecule has 0 bridgehead atoms. The maximum absolute atomic E-state index is 12.9. The van der Waals surface area contributed by atoms with Gasteiger partial charge in [0.15, 0.2) is 5.60 Å². The van der Waals surface area contributed by atoms with E-state index in [-0.39, 0.29) is 17.3 Å². The fraction of sp³-hybridized carbons (Fsp3) is 0.600. The Labute approximate surface area is 154 Å². The Hall–Kier alpha value is -1.95. The number of amides is 1. The number of oxime groups is 1. The SMILES string of the molecule is CCC(CC)CN1CCC2(CC(C(=O)NCc3ccc(F)cc3)=NO2)C1. The quantitative estimate of drug-likeness (QED) is 0.812. The van der Waals surface area contributed by atoms with E-state index in [1.165, 1.54) is 25.0 Å². The summed E-state index contributed by atoms with van der Waals surface area (Å²) in [5.41, 5.74) is 0.969. The summed E-state index contributed by atoms with van der Waals surface area (Å²) in [7, 11) is 0. The van der Waals surface area contributed by atoms with Gasteiger partial charge in [-0.1, -0.05) is 44.0 Å². The number of rotatable bonds is 7. The van der Waals surface area contributed by atoms with Gasteiger partial charge in [0, 0.05) is 39.0 Å². The number of likely N-dealkylation sites (tertiary alicyclic amines) is 1. The second kappa shape index (κ2) is 8.16. The Morgan fingerprint density at radius 3 is 2.77 bits per heavy atom. The predicted molar refractivity (Wildman–Crippen MR) is 99.2 cm³/mol. The normalized spacial score (nSPS) is 22.7. The van der Waals surface area contributed by atoms with E-state index in [0.29, 0.717) is 24.6 Å². The zero-order chi connectivity index (χ0) is 18.6. The van der Waals surface area contributed by atoms with Gasteiger partial charge < -0.3 is 10.2 Å². The molecule has 0 saturated carbocycles. The van der Waals surface area contributed by atoms with Crippen molar-refractivity contribution in [3.05, 3.63) is 35.6 Å². The topological polar surface area (TPSA) is 53.9 Å². The van der Waals surface area contributed by atoms with Crippen LogP contribution in [0, 0.1) is 11.7 Å². The first-order valence-electron chi connectivity index (χ1n) is 9.53. The van der Waals surface area contributed by atoms with Gasteiger partial charge in [0.05, 0.1) is 0 Å². The van der Waals surface area contributed by atoms with Gasteiger partial charge in [0.25, 0.3) is 5.91 Å². The number of benzene rings is 1. The van der Waals surface area contributed by atoms with Crippen molar-refractivity contribution in [3.8, 4) is 0 Å². The Kier molecular flexibility index (Phi) is 5.91. The molecule has 1 fully saturated rings. The smallest absolute Gasteiger partial charge is 0.269 e. The fourth-order valence-electron chi connectivity index (χ4n) is 3.74. The maximum atomic E-state index is 12.9. The minimum atomic E-state index is -0.339. The summed E-state index contributed by atoms with van der Waals surface area (Å²) in [6.45, 7) is 7.74. The summed E-state index contributed by atoms with van der Waals surface area (Å²) in [5.74, 6) is 0.227. The van der Waals surface area contributed by atoms with Crippen molar-refractivity contribution in [2.75, 3.05) is 19.6 Å². The molecule has 1 aromatic carbocycles. The number of halogens is 1. The summed E-state index contributed by atoms with van der Waals surface area (Å²) in [4.78, 5) is 20.5. The van der Waals surface area contributed by atoms with Gasteiger partial charge in [-0.15, -0.1) is 0 Å². The van der Waals surface area contributed by atoms with Crippen molar-refractivity contribution in [1.29, 1.82) is 0 Å². The lowest BCUT2D eigenvalue weighted by Gasteiger charge is -2.24. The Bertz CT molecular complexity index is 658. The van der Waals surface area contributed by atoms with Crippen molar-refractivity contribution < 1.29 is 14.0 Å². The van der Waals surface area contributed by atoms with Crippen molar-refractivity contribution in [2.24, 2.45) is 11.1 Å². The zero-order valence-electron chi connectivity index (χ0n) is 15.6. The number of carbonyl (C=O) groups is 1. The van der Waals surface area contributed by atoms with E-state index < -0.39 is 0 Å². The number of hydrogen-bond donors (Lipinski definition) is 1. The number of hydrogen-bond acceptors (Lipinski definition) is 4. The van der Waals surface area contributed by atoms with E-state index in [1.807, 2.05) is 0 Å². The monoisotopic (exact) mass is 361 g/mol. The number of nitrogens with one attached hydrogen (secondary N) is 1. The van der Waals surface area contributed by atoms with Gasteiger partial charge in [-0.25, -0.2) is 4.39 Å². The van der Waals surface area contributed by atoms with Crippen molar-refractivity contribution in [1.82, 2.24) is 10.2 Å². The number of carbonyl (C=O) groups excluding carboxylic acids is 1. The first kappa shape index (κ1) is 18.8. The Morgan fingerprint density at radius 2 is 2.08 bits per heavy atom. The van der Waals surface area contributed by atoms with Crippen molar-refractivity contribution >= 4 is 11.6 Å². The van der Waals surface area contributed by atoms with E-state index in [0.717, 1.165) is 31.6 Å². The van der Waals surface area contributed by atoms with Gasteiger partial charge in [-0.05, 0) is 23.6 Å². The van der Waals surface area contributed by atoms with Gasteiger partial charge >= 0.3 is 0 Å². The van der Waals surface area contributed by atoms with E-state index >= 15 is 0 Å². The maximum Gasteiger partial charge on any atom is 0.269 e. The molecule has 2 aliphatic rings.